The molecule has 0 aliphatic rings. The molecule has 0 unspecified atom stereocenters. The van der Waals surface area contributed by atoms with Crippen molar-refractivity contribution in [3.63, 3.8) is 0 Å². The Labute approximate surface area is 240 Å². The minimum Gasteiger partial charge on any atom is -0.478 e. The number of aryl methyl sites for hydroxylation is 2. The summed E-state index contributed by atoms with van der Waals surface area (Å²) in [6.07, 6.45) is 0. The molecule has 5 rings (SSSR count). The first-order valence-corrected chi connectivity index (χ1v) is 13.4. The third kappa shape index (κ3) is 4.98. The third-order valence-electron chi connectivity index (χ3n) is 7.45. The van der Waals surface area contributed by atoms with Crippen molar-refractivity contribution in [1.82, 2.24) is 19.6 Å². The lowest BCUT2D eigenvalue weighted by Crippen LogP contribution is -2.25. The minimum absolute atomic E-state index is 0.0296. The van der Waals surface area contributed by atoms with Crippen LogP contribution in [0.5, 0.6) is 0 Å². The summed E-state index contributed by atoms with van der Waals surface area (Å²) < 4.78 is 2.56. The fourth-order valence-corrected chi connectivity index (χ4v) is 5.27. The third-order valence-corrected chi connectivity index (χ3v) is 7.45. The van der Waals surface area contributed by atoms with Gasteiger partial charge in [0.25, 0.3) is 11.1 Å². The van der Waals surface area contributed by atoms with E-state index in [4.69, 9.17) is 0 Å². The molecule has 0 amide bonds. The predicted molar refractivity (Wildman–Crippen MR) is 158 cm³/mol. The number of H-pyrrole nitrogens is 2. The smallest absolute Gasteiger partial charge is 0.335 e. The number of rotatable bonds is 8. The molecular weight excluding hydrogens is 536 g/mol. The van der Waals surface area contributed by atoms with E-state index in [1.807, 2.05) is 24.3 Å². The van der Waals surface area contributed by atoms with E-state index in [1.54, 1.807) is 38.1 Å². The standard InChI is InChI=1S/C32H30N4O6/c1-17(2)20-11-13-21(14-12-20)28(26-18(3)33-35(29(26)37)24-9-5-7-22(15-24)31(39)40)27-19(4)34-36(30(27)38)25-10-6-8-23(16-25)32(41)42/h5-17,28,33-34H,1-4H3,(H,39,40)(H,41,42). The van der Waals surface area contributed by atoms with Crippen LogP contribution in [0.15, 0.2) is 82.4 Å². The topological polar surface area (TPSA) is 150 Å². The average molecular weight is 567 g/mol. The molecule has 0 saturated heterocycles. The number of nitrogens with one attached hydrogen (secondary N) is 2. The summed E-state index contributed by atoms with van der Waals surface area (Å²) in [5.74, 6) is -2.75. The number of aromatic nitrogens is 4. The highest BCUT2D eigenvalue weighted by Gasteiger charge is 2.31. The van der Waals surface area contributed by atoms with Gasteiger partial charge in [-0.15, -0.1) is 0 Å². The summed E-state index contributed by atoms with van der Waals surface area (Å²) in [5.41, 5.74) is 3.40. The van der Waals surface area contributed by atoms with Crippen molar-refractivity contribution in [2.24, 2.45) is 0 Å². The van der Waals surface area contributed by atoms with E-state index in [0.717, 1.165) is 11.1 Å². The van der Waals surface area contributed by atoms with Gasteiger partial charge in [-0.1, -0.05) is 50.2 Å². The second-order valence-electron chi connectivity index (χ2n) is 10.5. The van der Waals surface area contributed by atoms with E-state index in [-0.39, 0.29) is 17.0 Å². The summed E-state index contributed by atoms with van der Waals surface area (Å²) in [4.78, 5) is 51.3. The first-order valence-electron chi connectivity index (χ1n) is 13.4. The summed E-state index contributed by atoms with van der Waals surface area (Å²) in [7, 11) is 0. The second-order valence-corrected chi connectivity index (χ2v) is 10.5. The molecule has 214 valence electrons. The molecule has 0 atom stereocenters. The number of nitrogens with zero attached hydrogens (tertiary/aromatic N) is 2. The van der Waals surface area contributed by atoms with E-state index in [9.17, 15) is 29.4 Å². The van der Waals surface area contributed by atoms with E-state index >= 15 is 0 Å². The van der Waals surface area contributed by atoms with Gasteiger partial charge in [0.2, 0.25) is 0 Å². The summed E-state index contributed by atoms with van der Waals surface area (Å²) in [6, 6.07) is 19.8. The minimum atomic E-state index is -1.12. The molecule has 2 heterocycles. The van der Waals surface area contributed by atoms with Gasteiger partial charge in [-0.05, 0) is 67.3 Å². The zero-order chi connectivity index (χ0) is 30.3. The van der Waals surface area contributed by atoms with E-state index in [1.165, 1.54) is 33.6 Å². The zero-order valence-electron chi connectivity index (χ0n) is 23.5. The quantitative estimate of drug-likeness (QED) is 0.208. The van der Waals surface area contributed by atoms with Crippen LogP contribution in [0.3, 0.4) is 0 Å². The Morgan fingerprint density at radius 2 is 1.07 bits per heavy atom. The number of aromatic amines is 2. The van der Waals surface area contributed by atoms with Crippen molar-refractivity contribution in [2.45, 2.75) is 39.5 Å². The van der Waals surface area contributed by atoms with Crippen LogP contribution in [0.4, 0.5) is 0 Å². The second kappa shape index (κ2) is 10.9. The fourth-order valence-electron chi connectivity index (χ4n) is 5.27. The number of carboxylic acid groups (broad SMARTS) is 2. The number of carbonyl (C=O) groups is 2. The highest BCUT2D eigenvalue weighted by Crippen LogP contribution is 2.33. The number of benzene rings is 3. The molecular formula is C32H30N4O6. The number of aromatic carboxylic acids is 2. The lowest BCUT2D eigenvalue weighted by molar-refractivity contribution is 0.0686. The molecule has 10 nitrogen and oxygen atoms in total. The molecule has 0 spiro atoms. The van der Waals surface area contributed by atoms with Crippen LogP contribution in [0, 0.1) is 13.8 Å². The Hall–Kier alpha value is -5.38. The predicted octanol–water partition coefficient (Wildman–Crippen LogP) is 4.96. The van der Waals surface area contributed by atoms with Gasteiger partial charge in [0.15, 0.2) is 0 Å². The lowest BCUT2D eigenvalue weighted by atomic mass is 9.84. The fraction of sp³-hybridized carbons (Fsp3) is 0.188. The van der Waals surface area contributed by atoms with Crippen molar-refractivity contribution in [3.05, 3.63) is 138 Å². The molecule has 0 saturated carbocycles. The monoisotopic (exact) mass is 566 g/mol. The van der Waals surface area contributed by atoms with E-state index in [2.05, 4.69) is 24.0 Å². The number of hydrogen-bond donors (Lipinski definition) is 4. The van der Waals surface area contributed by atoms with Gasteiger partial charge in [-0.3, -0.25) is 19.8 Å². The van der Waals surface area contributed by atoms with Gasteiger partial charge in [-0.25, -0.2) is 19.0 Å². The molecule has 42 heavy (non-hydrogen) atoms. The Morgan fingerprint density at radius 1 is 0.667 bits per heavy atom. The van der Waals surface area contributed by atoms with Gasteiger partial charge < -0.3 is 10.2 Å². The van der Waals surface area contributed by atoms with Crippen molar-refractivity contribution in [3.8, 4) is 11.4 Å². The lowest BCUT2D eigenvalue weighted by Gasteiger charge is -2.17. The maximum absolute atomic E-state index is 14.1. The Balaban J connectivity index is 1.75. The molecule has 0 bridgehead atoms. The average Bonchev–Trinajstić information content (AvgIpc) is 3.43. The van der Waals surface area contributed by atoms with Crippen molar-refractivity contribution >= 4 is 11.9 Å². The molecule has 0 fully saturated rings. The molecule has 5 aromatic rings. The maximum Gasteiger partial charge on any atom is 0.335 e. The highest BCUT2D eigenvalue weighted by atomic mass is 16.4. The zero-order valence-corrected chi connectivity index (χ0v) is 23.5. The molecule has 0 aliphatic heterocycles. The van der Waals surface area contributed by atoms with Gasteiger partial charge in [0.05, 0.1) is 33.6 Å². The van der Waals surface area contributed by atoms with E-state index in [0.29, 0.717) is 33.9 Å². The van der Waals surface area contributed by atoms with Crippen LogP contribution in [0.25, 0.3) is 11.4 Å². The van der Waals surface area contributed by atoms with Crippen LogP contribution >= 0.6 is 0 Å². The van der Waals surface area contributed by atoms with Crippen LogP contribution in [0.1, 0.15) is 80.0 Å². The van der Waals surface area contributed by atoms with Crippen LogP contribution in [-0.2, 0) is 0 Å². The van der Waals surface area contributed by atoms with Gasteiger partial charge >= 0.3 is 11.9 Å². The van der Waals surface area contributed by atoms with Gasteiger partial charge in [0.1, 0.15) is 0 Å². The Morgan fingerprint density at radius 3 is 1.45 bits per heavy atom. The van der Waals surface area contributed by atoms with Gasteiger partial charge in [0, 0.05) is 17.3 Å². The molecule has 10 heteroatoms. The summed E-state index contributed by atoms with van der Waals surface area (Å²) in [6.45, 7) is 7.63. The molecule has 2 aromatic heterocycles. The summed E-state index contributed by atoms with van der Waals surface area (Å²) in [5, 5.41) is 25.1. The maximum atomic E-state index is 14.1. The number of hydrogen-bond acceptors (Lipinski definition) is 4. The summed E-state index contributed by atoms with van der Waals surface area (Å²) >= 11 is 0. The molecule has 0 radical (unpaired) electrons. The largest absolute Gasteiger partial charge is 0.478 e. The van der Waals surface area contributed by atoms with Crippen molar-refractivity contribution < 1.29 is 19.8 Å². The Bertz CT molecular complexity index is 1820. The molecule has 3 aromatic carbocycles. The first kappa shape index (κ1) is 28.2. The Kier molecular flexibility index (Phi) is 7.30. The SMILES string of the molecule is Cc1[nH]n(-c2cccc(C(=O)O)c2)c(=O)c1C(c1ccc(C(C)C)cc1)c1c(C)[nH]n(-c2cccc(C(=O)O)c2)c1=O. The normalized spacial score (nSPS) is 11.4. The molecule has 0 aliphatic carbocycles. The molecule has 4 N–H and O–H groups in total. The first-order chi connectivity index (χ1) is 20.0. The van der Waals surface area contributed by atoms with Crippen molar-refractivity contribution in [2.75, 3.05) is 0 Å². The van der Waals surface area contributed by atoms with Crippen LogP contribution < -0.4 is 11.1 Å². The van der Waals surface area contributed by atoms with Crippen molar-refractivity contribution in [1.29, 1.82) is 0 Å². The number of carboxylic acids is 2. The highest BCUT2D eigenvalue weighted by molar-refractivity contribution is 5.88. The van der Waals surface area contributed by atoms with Crippen LogP contribution in [0.2, 0.25) is 0 Å². The van der Waals surface area contributed by atoms with E-state index < -0.39 is 29.0 Å². The van der Waals surface area contributed by atoms with Gasteiger partial charge in [-0.2, -0.15) is 0 Å². The van der Waals surface area contributed by atoms with Crippen LogP contribution in [-0.4, -0.2) is 41.7 Å².